The summed E-state index contributed by atoms with van der Waals surface area (Å²) >= 11 is 0. The molecule has 1 heterocycles. The fraction of sp³-hybridized carbons (Fsp3) is 0.235. The summed E-state index contributed by atoms with van der Waals surface area (Å²) in [6.45, 7) is 2.14. The number of quaternary nitrogens is 1. The van der Waals surface area contributed by atoms with Crippen LogP contribution in [-0.4, -0.2) is 36.1 Å². The molecule has 6 heteroatoms. The van der Waals surface area contributed by atoms with Gasteiger partial charge in [-0.15, -0.1) is 4.48 Å². The molecule has 119 valence electrons. The Kier molecular flexibility index (Phi) is 5.56. The van der Waals surface area contributed by atoms with Gasteiger partial charge in [-0.25, -0.2) is 9.59 Å². The third kappa shape index (κ3) is 3.44. The molecule has 1 aromatic heterocycles. The minimum atomic E-state index is -0.667. The van der Waals surface area contributed by atoms with Crippen molar-refractivity contribution in [1.29, 1.82) is 0 Å². The molecule has 2 aromatic rings. The van der Waals surface area contributed by atoms with Gasteiger partial charge in [-0.1, -0.05) is 24.3 Å². The van der Waals surface area contributed by atoms with Crippen molar-refractivity contribution in [3.8, 4) is 0 Å². The third-order valence-electron chi connectivity index (χ3n) is 3.53. The summed E-state index contributed by atoms with van der Waals surface area (Å²) in [5.41, 5.74) is 1.12. The first kappa shape index (κ1) is 16.8. The zero-order chi connectivity index (χ0) is 16.7. The van der Waals surface area contributed by atoms with E-state index < -0.39 is 10.5 Å². The largest absolute Gasteiger partial charge is 0.458 e. The molecule has 3 amide bonds. The molecule has 1 aromatic carbocycles. The fourth-order valence-electron chi connectivity index (χ4n) is 2.34. The van der Waals surface area contributed by atoms with Crippen molar-refractivity contribution in [3.63, 3.8) is 0 Å². The van der Waals surface area contributed by atoms with Crippen LogP contribution in [0.3, 0.4) is 0 Å². The summed E-state index contributed by atoms with van der Waals surface area (Å²) in [7, 11) is 1.40. The Bertz CT molecular complexity index is 645. The van der Waals surface area contributed by atoms with E-state index in [2.05, 4.69) is 4.98 Å². The molecule has 6 nitrogen and oxygen atoms in total. The van der Waals surface area contributed by atoms with E-state index in [-0.39, 0.29) is 6.54 Å². The van der Waals surface area contributed by atoms with Crippen molar-refractivity contribution in [2.45, 2.75) is 13.5 Å². The SMILES string of the molecule is CCN(OC)C(=O)[N+]([C]=O)(Cc1ccccn1)c1ccccc1. The Morgan fingerprint density at radius 1 is 1.22 bits per heavy atom. The number of para-hydroxylation sites is 1. The van der Waals surface area contributed by atoms with E-state index in [0.717, 1.165) is 5.06 Å². The second-order valence-corrected chi connectivity index (χ2v) is 4.88. The van der Waals surface area contributed by atoms with Crippen LogP contribution >= 0.6 is 0 Å². The van der Waals surface area contributed by atoms with Crippen LogP contribution < -0.4 is 4.48 Å². The second-order valence-electron chi connectivity index (χ2n) is 4.88. The van der Waals surface area contributed by atoms with Gasteiger partial charge in [-0.2, -0.15) is 5.06 Å². The number of nitrogens with zero attached hydrogens (tertiary/aromatic N) is 3. The summed E-state index contributed by atoms with van der Waals surface area (Å²) in [5.74, 6) is 0. The van der Waals surface area contributed by atoms with Crippen molar-refractivity contribution in [2.75, 3.05) is 13.7 Å². The van der Waals surface area contributed by atoms with E-state index in [1.54, 1.807) is 49.5 Å². The minimum Gasteiger partial charge on any atom is -0.270 e. The summed E-state index contributed by atoms with van der Waals surface area (Å²) in [6.07, 6.45) is 3.53. The monoisotopic (exact) mass is 313 g/mol. The van der Waals surface area contributed by atoms with Crippen molar-refractivity contribution in [1.82, 2.24) is 14.5 Å². The maximum Gasteiger partial charge on any atom is 0.458 e. The average molecular weight is 313 g/mol. The first-order valence-corrected chi connectivity index (χ1v) is 7.27. The lowest BCUT2D eigenvalue weighted by Crippen LogP contribution is -2.58. The number of benzene rings is 1. The molecule has 0 saturated carbocycles. The van der Waals surface area contributed by atoms with Gasteiger partial charge in [0.05, 0.1) is 19.3 Å². The lowest BCUT2D eigenvalue weighted by molar-refractivity contribution is -0.0886. The van der Waals surface area contributed by atoms with Crippen LogP contribution in [0.5, 0.6) is 0 Å². The highest BCUT2D eigenvalue weighted by Crippen LogP contribution is 2.26. The molecular weight excluding hydrogens is 294 g/mol. The molecule has 23 heavy (non-hydrogen) atoms. The topological polar surface area (TPSA) is 59.5 Å². The van der Waals surface area contributed by atoms with E-state index in [9.17, 15) is 9.59 Å². The Balaban J connectivity index is 2.53. The van der Waals surface area contributed by atoms with Gasteiger partial charge in [0.15, 0.2) is 0 Å². The number of urea groups is 1. The lowest BCUT2D eigenvalue weighted by Gasteiger charge is -2.30. The van der Waals surface area contributed by atoms with Crippen molar-refractivity contribution in [3.05, 3.63) is 60.4 Å². The van der Waals surface area contributed by atoms with E-state index in [4.69, 9.17) is 4.84 Å². The number of carbonyl (C=O) groups is 1. The molecule has 1 radical (unpaired) electrons. The molecule has 1 unspecified atom stereocenters. The Morgan fingerprint density at radius 2 is 1.91 bits per heavy atom. The zero-order valence-electron chi connectivity index (χ0n) is 13.2. The molecule has 0 spiro atoms. The number of rotatable bonds is 6. The van der Waals surface area contributed by atoms with Crippen LogP contribution in [0.2, 0.25) is 0 Å². The normalized spacial score (nSPS) is 13.1. The number of hydrogen-bond acceptors (Lipinski definition) is 4. The molecule has 0 bridgehead atoms. The fourth-order valence-corrected chi connectivity index (χ4v) is 2.34. The molecule has 0 aliphatic rings. The van der Waals surface area contributed by atoms with Crippen LogP contribution in [0, 0.1) is 0 Å². The van der Waals surface area contributed by atoms with Gasteiger partial charge >= 0.3 is 12.4 Å². The molecule has 0 fully saturated rings. The number of hydrogen-bond donors (Lipinski definition) is 0. The highest BCUT2D eigenvalue weighted by atomic mass is 16.7. The molecule has 0 aliphatic heterocycles. The first-order chi connectivity index (χ1) is 11.2. The molecular formula is C17H19N3O3+. The Hall–Kier alpha value is -2.57. The van der Waals surface area contributed by atoms with Gasteiger partial charge in [0.1, 0.15) is 12.2 Å². The number of carbonyl (C=O) groups excluding carboxylic acids is 2. The van der Waals surface area contributed by atoms with E-state index in [1.807, 2.05) is 18.5 Å². The zero-order valence-corrected chi connectivity index (χ0v) is 13.2. The predicted molar refractivity (Wildman–Crippen MR) is 86.7 cm³/mol. The maximum absolute atomic E-state index is 12.9. The quantitative estimate of drug-likeness (QED) is 0.607. The van der Waals surface area contributed by atoms with Crippen molar-refractivity contribution >= 4 is 18.1 Å². The molecule has 2 rings (SSSR count). The van der Waals surface area contributed by atoms with Crippen LogP contribution in [-0.2, 0) is 16.2 Å². The molecule has 0 saturated heterocycles. The smallest absolute Gasteiger partial charge is 0.270 e. The average Bonchev–Trinajstić information content (AvgIpc) is 2.62. The van der Waals surface area contributed by atoms with Crippen LogP contribution in [0.4, 0.5) is 10.5 Å². The van der Waals surface area contributed by atoms with Gasteiger partial charge in [0, 0.05) is 18.3 Å². The highest BCUT2D eigenvalue weighted by Gasteiger charge is 2.45. The highest BCUT2D eigenvalue weighted by molar-refractivity contribution is 5.99. The molecule has 0 N–H and O–H groups in total. The van der Waals surface area contributed by atoms with Crippen molar-refractivity contribution < 1.29 is 14.4 Å². The van der Waals surface area contributed by atoms with E-state index >= 15 is 0 Å². The number of aromatic nitrogens is 1. The van der Waals surface area contributed by atoms with Crippen LogP contribution in [0.25, 0.3) is 0 Å². The van der Waals surface area contributed by atoms with Gasteiger partial charge in [-0.05, 0) is 19.1 Å². The first-order valence-electron chi connectivity index (χ1n) is 7.27. The molecule has 0 aliphatic carbocycles. The summed E-state index contributed by atoms with van der Waals surface area (Å²) in [6, 6.07) is 13.6. The Morgan fingerprint density at radius 3 is 2.43 bits per heavy atom. The third-order valence-corrected chi connectivity index (χ3v) is 3.53. The molecule has 1 atom stereocenters. The van der Waals surface area contributed by atoms with E-state index in [0.29, 0.717) is 17.9 Å². The summed E-state index contributed by atoms with van der Waals surface area (Å²) in [4.78, 5) is 34.2. The standard InChI is InChI=1S/C17H19N3O3/c1-3-19(23-2)17(22)20(14-21,16-10-5-4-6-11-16)13-15-9-7-8-12-18-15/h4-12H,3,13H2,1-2H3/q+1. The van der Waals surface area contributed by atoms with Gasteiger partial charge in [0.25, 0.3) is 0 Å². The number of hydroxylamine groups is 2. The number of imide groups is 1. The summed E-state index contributed by atoms with van der Waals surface area (Å²) in [5, 5.41) is 1.14. The minimum absolute atomic E-state index is 0.0625. The van der Waals surface area contributed by atoms with E-state index in [1.165, 1.54) is 7.11 Å². The second kappa shape index (κ2) is 7.62. The van der Waals surface area contributed by atoms with Crippen molar-refractivity contribution in [2.24, 2.45) is 0 Å². The number of amides is 3. The van der Waals surface area contributed by atoms with Crippen LogP contribution in [0.1, 0.15) is 12.6 Å². The maximum atomic E-state index is 12.9. The van der Waals surface area contributed by atoms with Gasteiger partial charge in [-0.3, -0.25) is 9.82 Å². The summed E-state index contributed by atoms with van der Waals surface area (Å²) < 4.78 is -0.667. The Labute approximate surface area is 135 Å². The van der Waals surface area contributed by atoms with Gasteiger partial charge in [0.2, 0.25) is 0 Å². The van der Waals surface area contributed by atoms with Gasteiger partial charge < -0.3 is 0 Å². The number of pyridine rings is 1. The lowest BCUT2D eigenvalue weighted by atomic mass is 10.2. The predicted octanol–water partition coefficient (Wildman–Crippen LogP) is 2.66. The van der Waals surface area contributed by atoms with Crippen LogP contribution in [0.15, 0.2) is 54.7 Å².